The maximum atomic E-state index is 3.68. The molecule has 0 saturated carbocycles. The van der Waals surface area contributed by atoms with Crippen molar-refractivity contribution in [3.8, 4) is 11.8 Å². The van der Waals surface area contributed by atoms with Gasteiger partial charge in [-0.15, -0.1) is 0 Å². The highest BCUT2D eigenvalue weighted by molar-refractivity contribution is 5.19. The summed E-state index contributed by atoms with van der Waals surface area (Å²) in [6, 6.07) is 22.0. The number of nitrogens with zero attached hydrogens (tertiary/aromatic N) is 2. The van der Waals surface area contributed by atoms with Gasteiger partial charge < -0.3 is 0 Å². The number of benzene rings is 2. The van der Waals surface area contributed by atoms with Crippen LogP contribution in [0.15, 0.2) is 60.7 Å². The number of hydrogen-bond acceptors (Lipinski definition) is 2. The largest absolute Gasteiger partial charge is 0.289 e. The Bertz CT molecular complexity index is 705. The Balaban J connectivity index is 2.15. The van der Waals surface area contributed by atoms with Crippen LogP contribution in [0.4, 0.5) is 0 Å². The average molecular weight is 405 g/mol. The topological polar surface area (TPSA) is 6.48 Å². The van der Waals surface area contributed by atoms with Gasteiger partial charge in [-0.25, -0.2) is 0 Å². The van der Waals surface area contributed by atoms with Gasteiger partial charge in [0.05, 0.1) is 12.1 Å². The molecule has 0 fully saturated rings. The Morgan fingerprint density at radius 1 is 0.600 bits per heavy atom. The fraction of sp³-hybridized carbons (Fsp3) is 0.500. The average Bonchev–Trinajstić information content (AvgIpc) is 2.71. The number of rotatable bonds is 10. The van der Waals surface area contributed by atoms with Crippen molar-refractivity contribution in [1.29, 1.82) is 0 Å². The first kappa shape index (κ1) is 24.2. The van der Waals surface area contributed by atoms with Crippen molar-refractivity contribution in [2.75, 3.05) is 14.1 Å². The van der Waals surface area contributed by atoms with Crippen molar-refractivity contribution >= 4 is 0 Å². The lowest BCUT2D eigenvalue weighted by molar-refractivity contribution is 0.243. The summed E-state index contributed by atoms with van der Waals surface area (Å²) in [6.07, 6.45) is 2.18. The molecule has 0 aliphatic rings. The zero-order valence-corrected chi connectivity index (χ0v) is 19.8. The molecule has 0 bridgehead atoms. The van der Waals surface area contributed by atoms with Crippen LogP contribution in [0.25, 0.3) is 0 Å². The zero-order valence-electron chi connectivity index (χ0n) is 19.8. The highest BCUT2D eigenvalue weighted by Crippen LogP contribution is 2.16. The standard InChI is InChI=1S/C28H40N2/c1-23(2)19-27(29(5)21-25-13-9-7-10-14-25)17-18-28(20-24(3)4)30(6)22-26-15-11-8-12-16-26/h7-16,23-24,27-28H,19-22H2,1-6H3. The monoisotopic (exact) mass is 404 g/mol. The normalized spacial score (nSPS) is 13.5. The molecule has 2 atom stereocenters. The van der Waals surface area contributed by atoms with Gasteiger partial charge >= 0.3 is 0 Å². The Labute approximate surface area is 185 Å². The highest BCUT2D eigenvalue weighted by atomic mass is 15.1. The van der Waals surface area contributed by atoms with Crippen LogP contribution in [-0.4, -0.2) is 36.0 Å². The summed E-state index contributed by atoms with van der Waals surface area (Å²) in [6.45, 7) is 11.0. The lowest BCUT2D eigenvalue weighted by atomic mass is 9.99. The van der Waals surface area contributed by atoms with E-state index in [0.717, 1.165) is 25.9 Å². The zero-order chi connectivity index (χ0) is 21.9. The molecule has 2 heteroatoms. The summed E-state index contributed by atoms with van der Waals surface area (Å²) >= 11 is 0. The van der Waals surface area contributed by atoms with Crippen molar-refractivity contribution < 1.29 is 0 Å². The number of hydrogen-bond donors (Lipinski definition) is 0. The van der Waals surface area contributed by atoms with E-state index in [2.05, 4.69) is 124 Å². The fourth-order valence-electron chi connectivity index (χ4n) is 3.75. The van der Waals surface area contributed by atoms with E-state index in [1.54, 1.807) is 0 Å². The van der Waals surface area contributed by atoms with Crippen molar-refractivity contribution in [2.24, 2.45) is 11.8 Å². The second-order valence-electron chi connectivity index (χ2n) is 9.38. The molecule has 2 nitrogen and oxygen atoms in total. The minimum Gasteiger partial charge on any atom is -0.289 e. The summed E-state index contributed by atoms with van der Waals surface area (Å²) in [4.78, 5) is 4.82. The minimum atomic E-state index is 0.269. The van der Waals surface area contributed by atoms with Gasteiger partial charge in [0.1, 0.15) is 0 Å². The van der Waals surface area contributed by atoms with Crippen LogP contribution in [0.3, 0.4) is 0 Å². The lowest BCUT2D eigenvalue weighted by Gasteiger charge is -2.28. The van der Waals surface area contributed by atoms with Crippen molar-refractivity contribution in [3.05, 3.63) is 71.8 Å². The molecule has 30 heavy (non-hydrogen) atoms. The molecule has 0 N–H and O–H groups in total. The van der Waals surface area contributed by atoms with Gasteiger partial charge in [-0.3, -0.25) is 9.80 Å². The fourth-order valence-corrected chi connectivity index (χ4v) is 3.75. The third kappa shape index (κ3) is 8.74. The van der Waals surface area contributed by atoms with E-state index in [0.29, 0.717) is 11.8 Å². The summed E-state index contributed by atoms with van der Waals surface area (Å²) in [5.41, 5.74) is 2.69. The molecule has 2 rings (SSSR count). The first-order valence-electron chi connectivity index (χ1n) is 11.3. The van der Waals surface area contributed by atoms with E-state index in [1.165, 1.54) is 11.1 Å². The van der Waals surface area contributed by atoms with Crippen molar-refractivity contribution in [2.45, 2.75) is 65.7 Å². The molecule has 0 aromatic heterocycles. The summed E-state index contributed by atoms with van der Waals surface area (Å²) in [5, 5.41) is 0. The van der Waals surface area contributed by atoms with Gasteiger partial charge in [0.15, 0.2) is 0 Å². The van der Waals surface area contributed by atoms with E-state index < -0.39 is 0 Å². The predicted molar refractivity (Wildman–Crippen MR) is 130 cm³/mol. The Kier molecular flexibility index (Phi) is 10.1. The van der Waals surface area contributed by atoms with Gasteiger partial charge in [0, 0.05) is 13.1 Å². The quantitative estimate of drug-likeness (QED) is 0.443. The summed E-state index contributed by atoms with van der Waals surface area (Å²) in [5.74, 6) is 8.59. The molecule has 2 aromatic rings. The Hall–Kier alpha value is -2.08. The van der Waals surface area contributed by atoms with Crippen LogP contribution >= 0.6 is 0 Å². The maximum absolute atomic E-state index is 3.68. The van der Waals surface area contributed by atoms with Crippen molar-refractivity contribution in [3.63, 3.8) is 0 Å². The first-order valence-corrected chi connectivity index (χ1v) is 11.3. The molecular weight excluding hydrogens is 364 g/mol. The van der Waals surface area contributed by atoms with E-state index in [1.807, 2.05) is 0 Å². The van der Waals surface area contributed by atoms with E-state index in [-0.39, 0.29) is 12.1 Å². The molecule has 0 amide bonds. The molecule has 0 aliphatic heterocycles. The third-order valence-corrected chi connectivity index (χ3v) is 5.42. The molecule has 0 saturated heterocycles. The van der Waals surface area contributed by atoms with Gasteiger partial charge in [-0.2, -0.15) is 0 Å². The van der Waals surface area contributed by atoms with Crippen LogP contribution in [0.2, 0.25) is 0 Å². The molecule has 0 spiro atoms. The minimum absolute atomic E-state index is 0.269. The molecule has 0 aliphatic carbocycles. The van der Waals surface area contributed by atoms with Crippen LogP contribution in [0.5, 0.6) is 0 Å². The van der Waals surface area contributed by atoms with Gasteiger partial charge in [-0.1, -0.05) is 100 Å². The maximum Gasteiger partial charge on any atom is 0.0718 e. The Morgan fingerprint density at radius 3 is 1.23 bits per heavy atom. The lowest BCUT2D eigenvalue weighted by Crippen LogP contribution is -2.34. The summed E-state index contributed by atoms with van der Waals surface area (Å²) in [7, 11) is 4.42. The third-order valence-electron chi connectivity index (χ3n) is 5.42. The second kappa shape index (κ2) is 12.6. The van der Waals surface area contributed by atoms with E-state index in [4.69, 9.17) is 0 Å². The van der Waals surface area contributed by atoms with Crippen LogP contribution in [0, 0.1) is 23.7 Å². The van der Waals surface area contributed by atoms with Crippen LogP contribution in [-0.2, 0) is 13.1 Å². The summed E-state index contributed by atoms with van der Waals surface area (Å²) < 4.78 is 0. The van der Waals surface area contributed by atoms with E-state index >= 15 is 0 Å². The second-order valence-corrected chi connectivity index (χ2v) is 9.38. The van der Waals surface area contributed by atoms with E-state index in [9.17, 15) is 0 Å². The van der Waals surface area contributed by atoms with Crippen LogP contribution in [0.1, 0.15) is 51.7 Å². The SMILES string of the molecule is CC(C)CC(C#CC(CC(C)C)N(C)Cc1ccccc1)N(C)Cc1ccccc1. The molecule has 0 heterocycles. The molecule has 0 radical (unpaired) electrons. The van der Waals surface area contributed by atoms with Crippen LogP contribution < -0.4 is 0 Å². The molecule has 162 valence electrons. The van der Waals surface area contributed by atoms with Crippen molar-refractivity contribution in [1.82, 2.24) is 9.80 Å². The first-order chi connectivity index (χ1) is 14.3. The predicted octanol–water partition coefficient (Wildman–Crippen LogP) is 6.08. The van der Waals surface area contributed by atoms with Gasteiger partial charge in [-0.05, 0) is 49.9 Å². The molecule has 2 aromatic carbocycles. The van der Waals surface area contributed by atoms with Gasteiger partial charge in [0.25, 0.3) is 0 Å². The Morgan fingerprint density at radius 2 is 0.933 bits per heavy atom. The molecular formula is C28H40N2. The molecule has 2 unspecified atom stereocenters. The smallest absolute Gasteiger partial charge is 0.0718 e. The highest BCUT2D eigenvalue weighted by Gasteiger charge is 2.17. The van der Waals surface area contributed by atoms with Gasteiger partial charge in [0.2, 0.25) is 0 Å².